The quantitative estimate of drug-likeness (QED) is 0.523. The molecule has 0 aliphatic heterocycles. The largest absolute Gasteiger partial charge is 0 e. The molecule has 0 heterocycles. The SMILES string of the molecule is [B].[Co].[Mo].[W]. The summed E-state index contributed by atoms with van der Waals surface area (Å²) >= 11 is 0. The van der Waals surface area contributed by atoms with Crippen molar-refractivity contribution in [3.63, 3.8) is 0 Å². The minimum absolute atomic E-state index is 0. The molecule has 0 amide bonds. The summed E-state index contributed by atoms with van der Waals surface area (Å²) in [7, 11) is 0. The summed E-state index contributed by atoms with van der Waals surface area (Å²) in [5.74, 6) is 0. The molecule has 0 fully saturated rings. The molecular weight excluding hydrogens is 350 g/mol. The van der Waals surface area contributed by atoms with Gasteiger partial charge >= 0.3 is 0 Å². The standard InChI is InChI=1S/B.Co.Mo.W. The molecular formula is BCoMoW. The second-order valence-electron chi connectivity index (χ2n) is 0. The molecule has 0 atom stereocenters. The van der Waals surface area contributed by atoms with E-state index in [0.29, 0.717) is 0 Å². The Bertz CT molecular complexity index is 8.00. The third-order valence-corrected chi connectivity index (χ3v) is 0. The van der Waals surface area contributed by atoms with Crippen LogP contribution in [-0.2, 0) is 58.9 Å². The van der Waals surface area contributed by atoms with Gasteiger partial charge in [0.2, 0.25) is 0 Å². The van der Waals surface area contributed by atoms with Crippen molar-refractivity contribution in [2.75, 3.05) is 0 Å². The molecule has 0 aliphatic rings. The van der Waals surface area contributed by atoms with Crippen LogP contribution in [0.1, 0.15) is 0 Å². The predicted octanol–water partition coefficient (Wildman–Crippen LogP) is -0.388. The van der Waals surface area contributed by atoms with E-state index in [4.69, 9.17) is 0 Å². The van der Waals surface area contributed by atoms with E-state index in [1.807, 2.05) is 0 Å². The van der Waals surface area contributed by atoms with Crippen LogP contribution in [0, 0.1) is 0 Å². The summed E-state index contributed by atoms with van der Waals surface area (Å²) < 4.78 is 0. The second-order valence-corrected chi connectivity index (χ2v) is 0. The Labute approximate surface area is 66.8 Å². The van der Waals surface area contributed by atoms with Crippen molar-refractivity contribution in [2.24, 2.45) is 0 Å². The van der Waals surface area contributed by atoms with Gasteiger partial charge in [-0.05, 0) is 0 Å². The first-order valence-corrected chi connectivity index (χ1v) is 0. The molecule has 0 bridgehead atoms. The zero-order chi connectivity index (χ0) is 0. The van der Waals surface area contributed by atoms with Gasteiger partial charge in [0.25, 0.3) is 0 Å². The average Bonchev–Trinajstić information content (AvgIpc) is 0. The topological polar surface area (TPSA) is 0 Å². The predicted molar refractivity (Wildman–Crippen MR) is 5.75 cm³/mol. The van der Waals surface area contributed by atoms with Crippen molar-refractivity contribution < 1.29 is 58.9 Å². The molecule has 0 unspecified atom stereocenters. The van der Waals surface area contributed by atoms with Gasteiger partial charge in [0.1, 0.15) is 0 Å². The van der Waals surface area contributed by atoms with Gasteiger partial charge in [-0.3, -0.25) is 0 Å². The molecule has 0 aromatic carbocycles. The first-order chi connectivity index (χ1) is 0. The van der Waals surface area contributed by atoms with Crippen molar-refractivity contribution >= 4 is 8.41 Å². The molecule has 4 heavy (non-hydrogen) atoms. The molecule has 0 aromatic heterocycles. The van der Waals surface area contributed by atoms with Gasteiger partial charge in [-0.1, -0.05) is 0 Å². The molecule has 4 radical (unpaired) electrons. The van der Waals surface area contributed by atoms with Crippen molar-refractivity contribution in [1.82, 2.24) is 0 Å². The van der Waals surface area contributed by atoms with Crippen LogP contribution in [-0.4, -0.2) is 8.41 Å². The van der Waals surface area contributed by atoms with E-state index in [-0.39, 0.29) is 67.3 Å². The van der Waals surface area contributed by atoms with Crippen LogP contribution in [0.4, 0.5) is 0 Å². The molecule has 24 valence electrons. The summed E-state index contributed by atoms with van der Waals surface area (Å²) in [4.78, 5) is 0. The molecule has 0 saturated carbocycles. The fourth-order valence-corrected chi connectivity index (χ4v) is 0. The summed E-state index contributed by atoms with van der Waals surface area (Å²) in [5.41, 5.74) is 0. The zero-order valence-corrected chi connectivity index (χ0v) is 7.71. The number of hydrogen-bond acceptors (Lipinski definition) is 0. The van der Waals surface area contributed by atoms with Crippen molar-refractivity contribution in [2.45, 2.75) is 0 Å². The molecule has 0 aliphatic carbocycles. The van der Waals surface area contributed by atoms with Crippen LogP contribution in [0.2, 0.25) is 0 Å². The van der Waals surface area contributed by atoms with E-state index in [1.54, 1.807) is 0 Å². The Morgan fingerprint density at radius 1 is 1.00 bits per heavy atom. The Morgan fingerprint density at radius 2 is 1.00 bits per heavy atom. The van der Waals surface area contributed by atoms with Crippen LogP contribution in [0.25, 0.3) is 0 Å². The summed E-state index contributed by atoms with van der Waals surface area (Å²) in [5, 5.41) is 0. The fourth-order valence-electron chi connectivity index (χ4n) is 0. The van der Waals surface area contributed by atoms with Crippen LogP contribution >= 0.6 is 0 Å². The van der Waals surface area contributed by atoms with Crippen LogP contribution in [0.15, 0.2) is 0 Å². The molecule has 4 heteroatoms. The maximum atomic E-state index is 0. The first kappa shape index (κ1) is 38.4. The van der Waals surface area contributed by atoms with E-state index in [2.05, 4.69) is 0 Å². The third kappa shape index (κ3) is 9.04. The van der Waals surface area contributed by atoms with Crippen LogP contribution in [0.3, 0.4) is 0 Å². The van der Waals surface area contributed by atoms with Crippen molar-refractivity contribution in [3.8, 4) is 0 Å². The van der Waals surface area contributed by atoms with Gasteiger partial charge in [-0.2, -0.15) is 0 Å². The summed E-state index contributed by atoms with van der Waals surface area (Å²) in [6, 6.07) is 0. The van der Waals surface area contributed by atoms with Crippen molar-refractivity contribution in [3.05, 3.63) is 0 Å². The van der Waals surface area contributed by atoms with Gasteiger partial charge in [0, 0.05) is 67.3 Å². The second kappa shape index (κ2) is 20.3. The van der Waals surface area contributed by atoms with Gasteiger partial charge in [0.05, 0.1) is 0 Å². The Balaban J connectivity index is 0. The maximum Gasteiger partial charge on any atom is 0 e. The van der Waals surface area contributed by atoms with E-state index in [1.165, 1.54) is 0 Å². The maximum absolute atomic E-state index is 0. The van der Waals surface area contributed by atoms with Gasteiger partial charge in [-0.15, -0.1) is 0 Å². The van der Waals surface area contributed by atoms with Gasteiger partial charge in [-0.25, -0.2) is 0 Å². The monoisotopic (exact) mass is 352 g/mol. The fraction of sp³-hybridized carbons (Fsp3) is 0. The minimum atomic E-state index is 0. The van der Waals surface area contributed by atoms with E-state index in [0.717, 1.165) is 0 Å². The molecule has 0 rings (SSSR count). The van der Waals surface area contributed by atoms with Crippen LogP contribution in [0.5, 0.6) is 0 Å². The van der Waals surface area contributed by atoms with Crippen LogP contribution < -0.4 is 0 Å². The smallest absolute Gasteiger partial charge is 0 e. The normalized spacial score (nSPS) is 0. The number of hydrogen-bond donors (Lipinski definition) is 0. The van der Waals surface area contributed by atoms with E-state index >= 15 is 0 Å². The van der Waals surface area contributed by atoms with Gasteiger partial charge in [0.15, 0.2) is 0 Å². The summed E-state index contributed by atoms with van der Waals surface area (Å²) in [6.45, 7) is 0. The van der Waals surface area contributed by atoms with Crippen molar-refractivity contribution in [1.29, 1.82) is 0 Å². The Morgan fingerprint density at radius 3 is 1.00 bits per heavy atom. The molecule has 0 spiro atoms. The van der Waals surface area contributed by atoms with E-state index < -0.39 is 0 Å². The third-order valence-electron chi connectivity index (χ3n) is 0. The summed E-state index contributed by atoms with van der Waals surface area (Å²) in [6.07, 6.45) is 0. The molecule has 0 aromatic rings. The Kier molecular flexibility index (Phi) is 195. The Hall–Kier alpha value is 1.95. The first-order valence-electron chi connectivity index (χ1n) is 0. The minimum Gasteiger partial charge on any atom is 0 e. The van der Waals surface area contributed by atoms with Gasteiger partial charge < -0.3 is 0 Å². The number of rotatable bonds is 0. The zero-order valence-electron chi connectivity index (χ0n) is 1.73. The molecule has 0 N–H and O–H groups in total. The van der Waals surface area contributed by atoms with E-state index in [9.17, 15) is 0 Å². The molecule has 0 saturated heterocycles. The molecule has 0 nitrogen and oxygen atoms in total. The average molecular weight is 350 g/mol.